The Morgan fingerprint density at radius 1 is 1.17 bits per heavy atom. The lowest BCUT2D eigenvalue weighted by molar-refractivity contribution is 0.602. The second-order valence-electron chi connectivity index (χ2n) is 4.68. The zero-order chi connectivity index (χ0) is 16.4. The van der Waals surface area contributed by atoms with Crippen molar-refractivity contribution >= 4 is 50.4 Å². The minimum absolute atomic E-state index is 0.247. The maximum atomic E-state index is 12.1. The van der Waals surface area contributed by atoms with E-state index in [0.29, 0.717) is 16.6 Å². The van der Waals surface area contributed by atoms with E-state index in [1.807, 2.05) is 6.07 Å². The van der Waals surface area contributed by atoms with Gasteiger partial charge < -0.3 is 0 Å². The first-order chi connectivity index (χ1) is 10.9. The monoisotopic (exact) mass is 387 g/mol. The van der Waals surface area contributed by atoms with E-state index in [1.54, 1.807) is 46.6 Å². The molecule has 9 heteroatoms. The summed E-state index contributed by atoms with van der Waals surface area (Å²) in [5.41, 5.74) is 0.912. The highest BCUT2D eigenvalue weighted by Gasteiger charge is 2.16. The van der Waals surface area contributed by atoms with Crippen molar-refractivity contribution in [3.8, 4) is 0 Å². The van der Waals surface area contributed by atoms with Crippen molar-refractivity contribution in [2.24, 2.45) is 0 Å². The lowest BCUT2D eigenvalue weighted by Crippen LogP contribution is -2.12. The quantitative estimate of drug-likeness (QED) is 0.716. The van der Waals surface area contributed by atoms with E-state index < -0.39 is 10.0 Å². The van der Waals surface area contributed by atoms with Crippen LogP contribution < -0.4 is 4.72 Å². The first kappa shape index (κ1) is 16.3. The number of nitrogens with one attached hydrogen (secondary N) is 1. The van der Waals surface area contributed by atoms with E-state index in [-0.39, 0.29) is 10.0 Å². The number of benzene rings is 1. The largest absolute Gasteiger partial charge is 0.272 e. The van der Waals surface area contributed by atoms with Gasteiger partial charge in [0, 0.05) is 12.3 Å². The molecule has 23 heavy (non-hydrogen) atoms. The standard InChI is InChI=1S/C14H11Cl2N3O2S2/c15-11-4-3-10(8-12(11)16)9-19-6-5-13(17-19)18-23(20,21)14-2-1-7-22-14/h1-8H,9H2,(H,17,18). The summed E-state index contributed by atoms with van der Waals surface area (Å²) in [4.78, 5) is 0. The number of anilines is 1. The minimum atomic E-state index is -3.59. The van der Waals surface area contributed by atoms with Crippen LogP contribution in [0, 0.1) is 0 Å². The van der Waals surface area contributed by atoms with Gasteiger partial charge in [-0.25, -0.2) is 8.42 Å². The molecular formula is C14H11Cl2N3O2S2. The van der Waals surface area contributed by atoms with Gasteiger partial charge in [0.15, 0.2) is 5.82 Å². The average molecular weight is 388 g/mol. The number of thiophene rings is 1. The highest BCUT2D eigenvalue weighted by molar-refractivity contribution is 7.94. The highest BCUT2D eigenvalue weighted by Crippen LogP contribution is 2.23. The number of sulfonamides is 1. The Morgan fingerprint density at radius 3 is 2.70 bits per heavy atom. The summed E-state index contributed by atoms with van der Waals surface area (Å²) in [6.07, 6.45) is 1.69. The van der Waals surface area contributed by atoms with Crippen LogP contribution >= 0.6 is 34.5 Å². The molecule has 0 fully saturated rings. The van der Waals surface area contributed by atoms with E-state index in [1.165, 1.54) is 0 Å². The number of hydrogen-bond acceptors (Lipinski definition) is 4. The Hall–Kier alpha value is -1.54. The highest BCUT2D eigenvalue weighted by atomic mass is 35.5. The molecule has 2 aromatic heterocycles. The van der Waals surface area contributed by atoms with Crippen LogP contribution in [0.15, 0.2) is 52.2 Å². The van der Waals surface area contributed by atoms with Crippen LogP contribution in [0.25, 0.3) is 0 Å². The Labute approximate surface area is 147 Å². The second-order valence-corrected chi connectivity index (χ2v) is 8.36. The molecular weight excluding hydrogens is 377 g/mol. The fraction of sp³-hybridized carbons (Fsp3) is 0.0714. The molecule has 3 rings (SSSR count). The molecule has 0 saturated heterocycles. The molecule has 0 aliphatic rings. The lowest BCUT2D eigenvalue weighted by atomic mass is 10.2. The van der Waals surface area contributed by atoms with E-state index in [4.69, 9.17) is 23.2 Å². The first-order valence-electron chi connectivity index (χ1n) is 6.48. The molecule has 0 saturated carbocycles. The molecule has 3 aromatic rings. The summed E-state index contributed by atoms with van der Waals surface area (Å²) in [5, 5.41) is 6.87. The maximum Gasteiger partial charge on any atom is 0.272 e. The summed E-state index contributed by atoms with van der Waals surface area (Å²) >= 11 is 13.0. The van der Waals surface area contributed by atoms with Crippen molar-refractivity contribution < 1.29 is 8.42 Å². The van der Waals surface area contributed by atoms with Gasteiger partial charge in [0.25, 0.3) is 10.0 Å². The zero-order valence-corrected chi connectivity index (χ0v) is 14.8. The van der Waals surface area contributed by atoms with Gasteiger partial charge in [-0.3, -0.25) is 9.40 Å². The second kappa shape index (κ2) is 6.52. The number of rotatable bonds is 5. The summed E-state index contributed by atoms with van der Waals surface area (Å²) in [7, 11) is -3.59. The van der Waals surface area contributed by atoms with Crippen molar-refractivity contribution in [1.29, 1.82) is 0 Å². The van der Waals surface area contributed by atoms with Gasteiger partial charge in [-0.1, -0.05) is 35.3 Å². The van der Waals surface area contributed by atoms with Crippen molar-refractivity contribution in [3.63, 3.8) is 0 Å². The number of hydrogen-bond donors (Lipinski definition) is 1. The van der Waals surface area contributed by atoms with Gasteiger partial charge in [-0.2, -0.15) is 5.10 Å². The summed E-state index contributed by atoms with van der Waals surface area (Å²) < 4.78 is 28.6. The van der Waals surface area contributed by atoms with E-state index >= 15 is 0 Å². The number of nitrogens with zero attached hydrogens (tertiary/aromatic N) is 2. The van der Waals surface area contributed by atoms with Gasteiger partial charge in [0.2, 0.25) is 0 Å². The Bertz CT molecular complexity index is 921. The molecule has 0 aliphatic heterocycles. The SMILES string of the molecule is O=S(=O)(Nc1ccn(Cc2ccc(Cl)c(Cl)c2)n1)c1cccs1. The fourth-order valence-electron chi connectivity index (χ4n) is 1.93. The molecule has 0 atom stereocenters. The van der Waals surface area contributed by atoms with Crippen LogP contribution in [-0.2, 0) is 16.6 Å². The van der Waals surface area contributed by atoms with Gasteiger partial charge in [-0.05, 0) is 29.1 Å². The molecule has 0 amide bonds. The van der Waals surface area contributed by atoms with Crippen molar-refractivity contribution in [1.82, 2.24) is 9.78 Å². The lowest BCUT2D eigenvalue weighted by Gasteiger charge is -2.04. The van der Waals surface area contributed by atoms with Gasteiger partial charge in [-0.15, -0.1) is 11.3 Å². The molecule has 0 spiro atoms. The van der Waals surface area contributed by atoms with E-state index in [2.05, 4.69) is 9.82 Å². The number of halogens is 2. The van der Waals surface area contributed by atoms with Crippen LogP contribution in [0.3, 0.4) is 0 Å². The van der Waals surface area contributed by atoms with Crippen LogP contribution in [0.4, 0.5) is 5.82 Å². The topological polar surface area (TPSA) is 64.0 Å². The average Bonchev–Trinajstić information content (AvgIpc) is 3.15. The molecule has 1 N–H and O–H groups in total. The normalized spacial score (nSPS) is 11.6. The van der Waals surface area contributed by atoms with Crippen LogP contribution in [0.2, 0.25) is 10.0 Å². The molecule has 2 heterocycles. The maximum absolute atomic E-state index is 12.1. The zero-order valence-electron chi connectivity index (χ0n) is 11.6. The van der Waals surface area contributed by atoms with Crippen molar-refractivity contribution in [3.05, 3.63) is 63.6 Å². The Balaban J connectivity index is 1.74. The van der Waals surface area contributed by atoms with E-state index in [9.17, 15) is 8.42 Å². The Morgan fingerprint density at radius 2 is 2.00 bits per heavy atom. The minimum Gasteiger partial charge on any atom is -0.266 e. The molecule has 0 aliphatic carbocycles. The van der Waals surface area contributed by atoms with Gasteiger partial charge >= 0.3 is 0 Å². The van der Waals surface area contributed by atoms with E-state index in [0.717, 1.165) is 16.9 Å². The molecule has 1 aromatic carbocycles. The Kier molecular flexibility index (Phi) is 4.63. The third-order valence-electron chi connectivity index (χ3n) is 2.97. The third kappa shape index (κ3) is 3.87. The molecule has 0 radical (unpaired) electrons. The number of aromatic nitrogens is 2. The molecule has 5 nitrogen and oxygen atoms in total. The first-order valence-corrected chi connectivity index (χ1v) is 9.60. The van der Waals surface area contributed by atoms with Crippen molar-refractivity contribution in [2.75, 3.05) is 4.72 Å². The smallest absolute Gasteiger partial charge is 0.266 e. The summed E-state index contributed by atoms with van der Waals surface area (Å²) in [6, 6.07) is 10.1. The molecule has 0 unspecified atom stereocenters. The van der Waals surface area contributed by atoms with Gasteiger partial charge in [0.1, 0.15) is 4.21 Å². The molecule has 120 valence electrons. The summed E-state index contributed by atoms with van der Waals surface area (Å²) in [5.74, 6) is 0.262. The van der Waals surface area contributed by atoms with Crippen LogP contribution in [0.5, 0.6) is 0 Å². The van der Waals surface area contributed by atoms with Crippen LogP contribution in [-0.4, -0.2) is 18.2 Å². The summed E-state index contributed by atoms with van der Waals surface area (Å²) in [6.45, 7) is 0.456. The third-order valence-corrected chi connectivity index (χ3v) is 6.46. The predicted octanol–water partition coefficient (Wildman–Crippen LogP) is 4.10. The predicted molar refractivity (Wildman–Crippen MR) is 92.9 cm³/mol. The van der Waals surface area contributed by atoms with Gasteiger partial charge in [0.05, 0.1) is 16.6 Å². The van der Waals surface area contributed by atoms with Crippen molar-refractivity contribution in [2.45, 2.75) is 10.8 Å². The van der Waals surface area contributed by atoms with Crippen LogP contribution in [0.1, 0.15) is 5.56 Å². The molecule has 0 bridgehead atoms. The fourth-order valence-corrected chi connectivity index (χ4v) is 4.24.